The molecule has 1 N–H and O–H groups in total. The predicted octanol–water partition coefficient (Wildman–Crippen LogP) is 3.73. The Hall–Kier alpha value is -2.50. The second kappa shape index (κ2) is 8.03. The fourth-order valence-corrected chi connectivity index (χ4v) is 3.72. The van der Waals surface area contributed by atoms with Gasteiger partial charge in [0.05, 0.1) is 24.8 Å². The smallest absolute Gasteiger partial charge is 0.126 e. The van der Waals surface area contributed by atoms with Gasteiger partial charge in [0, 0.05) is 37.4 Å². The molecule has 1 fully saturated rings. The van der Waals surface area contributed by atoms with Crippen LogP contribution >= 0.6 is 0 Å². The van der Waals surface area contributed by atoms with Crippen molar-refractivity contribution < 1.29 is 4.74 Å². The van der Waals surface area contributed by atoms with Crippen molar-refractivity contribution in [1.82, 2.24) is 14.9 Å². The van der Waals surface area contributed by atoms with Crippen LogP contribution in [-0.2, 0) is 4.74 Å². The summed E-state index contributed by atoms with van der Waals surface area (Å²) in [5.41, 5.74) is 4.76. The van der Waals surface area contributed by atoms with Gasteiger partial charge in [0.2, 0.25) is 0 Å². The monoisotopic (exact) mass is 362 g/mol. The largest absolute Gasteiger partial charge is 0.379 e. The zero-order chi connectivity index (χ0) is 18.6. The summed E-state index contributed by atoms with van der Waals surface area (Å²) in [6, 6.07) is 13.0. The van der Waals surface area contributed by atoms with Crippen molar-refractivity contribution in [2.24, 2.45) is 0 Å². The molecular formula is C22H26N4O. The molecule has 3 aromatic rings. The highest BCUT2D eigenvalue weighted by Gasteiger charge is 2.22. The molecule has 5 nitrogen and oxygen atoms in total. The summed E-state index contributed by atoms with van der Waals surface area (Å²) in [6.45, 7) is 8.48. The van der Waals surface area contributed by atoms with Gasteiger partial charge in [-0.15, -0.1) is 0 Å². The van der Waals surface area contributed by atoms with Crippen LogP contribution in [-0.4, -0.2) is 47.7 Å². The summed E-state index contributed by atoms with van der Waals surface area (Å²) < 4.78 is 5.53. The van der Waals surface area contributed by atoms with Gasteiger partial charge in [-0.2, -0.15) is 0 Å². The van der Waals surface area contributed by atoms with E-state index in [2.05, 4.69) is 59.4 Å². The number of hydrogen-bond acceptors (Lipinski definition) is 5. The van der Waals surface area contributed by atoms with Gasteiger partial charge in [-0.05, 0) is 49.2 Å². The van der Waals surface area contributed by atoms with Crippen LogP contribution in [0.25, 0.3) is 10.9 Å². The number of aromatic nitrogens is 2. The van der Waals surface area contributed by atoms with E-state index in [4.69, 9.17) is 9.72 Å². The number of aryl methyl sites for hydroxylation is 2. The number of fused-ring (bicyclic) bond motifs is 1. The van der Waals surface area contributed by atoms with E-state index in [-0.39, 0.29) is 6.04 Å². The lowest BCUT2D eigenvalue weighted by atomic mass is 10.1. The molecule has 1 aromatic carbocycles. The average Bonchev–Trinajstić information content (AvgIpc) is 2.70. The molecule has 0 radical (unpaired) electrons. The Morgan fingerprint density at radius 1 is 1.15 bits per heavy atom. The first-order chi connectivity index (χ1) is 13.2. The van der Waals surface area contributed by atoms with E-state index >= 15 is 0 Å². The van der Waals surface area contributed by atoms with Crippen molar-refractivity contribution in [1.29, 1.82) is 0 Å². The number of anilines is 1. The molecule has 5 heteroatoms. The quantitative estimate of drug-likeness (QED) is 0.749. The molecule has 0 spiro atoms. The highest BCUT2D eigenvalue weighted by atomic mass is 16.5. The van der Waals surface area contributed by atoms with Gasteiger partial charge in [-0.25, -0.2) is 4.98 Å². The van der Waals surface area contributed by atoms with E-state index in [0.717, 1.165) is 44.2 Å². The van der Waals surface area contributed by atoms with Gasteiger partial charge in [0.15, 0.2) is 0 Å². The minimum Gasteiger partial charge on any atom is -0.379 e. The summed E-state index contributed by atoms with van der Waals surface area (Å²) in [7, 11) is 0. The Morgan fingerprint density at radius 2 is 2.00 bits per heavy atom. The zero-order valence-corrected chi connectivity index (χ0v) is 16.0. The average molecular weight is 362 g/mol. The summed E-state index contributed by atoms with van der Waals surface area (Å²) in [4.78, 5) is 11.6. The Balaban J connectivity index is 1.57. The minimum atomic E-state index is 0.249. The second-order valence-electron chi connectivity index (χ2n) is 7.18. The Kier molecular flexibility index (Phi) is 5.32. The third kappa shape index (κ3) is 4.10. The number of rotatable bonds is 5. The number of nitrogens with zero attached hydrogens (tertiary/aromatic N) is 3. The maximum Gasteiger partial charge on any atom is 0.126 e. The zero-order valence-electron chi connectivity index (χ0n) is 16.0. The molecule has 1 atom stereocenters. The van der Waals surface area contributed by atoms with Gasteiger partial charge >= 0.3 is 0 Å². The van der Waals surface area contributed by atoms with Gasteiger partial charge in [0.1, 0.15) is 5.82 Å². The fraction of sp³-hybridized carbons (Fsp3) is 0.364. The van der Waals surface area contributed by atoms with E-state index in [1.54, 1.807) is 0 Å². The SMILES string of the molecule is Cc1ccc2nc(NCC(c3cccnc3)N3CCOCC3)cc(C)c2c1. The van der Waals surface area contributed by atoms with Gasteiger partial charge in [0.25, 0.3) is 0 Å². The van der Waals surface area contributed by atoms with Crippen LogP contribution in [0.15, 0.2) is 48.8 Å². The maximum atomic E-state index is 5.53. The molecule has 4 rings (SSSR count). The van der Waals surface area contributed by atoms with Crippen molar-refractivity contribution in [3.8, 4) is 0 Å². The number of morpholine rings is 1. The second-order valence-corrected chi connectivity index (χ2v) is 7.18. The van der Waals surface area contributed by atoms with Crippen LogP contribution in [0, 0.1) is 13.8 Å². The standard InChI is InChI=1S/C22H26N4O/c1-16-5-6-20-19(12-16)17(2)13-22(25-20)24-15-21(18-4-3-7-23-14-18)26-8-10-27-11-9-26/h3-7,12-14,21H,8-11,15H2,1-2H3,(H,24,25). The number of hydrogen-bond donors (Lipinski definition) is 1. The van der Waals surface area contributed by atoms with Crippen LogP contribution in [0.1, 0.15) is 22.7 Å². The van der Waals surface area contributed by atoms with E-state index in [9.17, 15) is 0 Å². The summed E-state index contributed by atoms with van der Waals surface area (Å²) in [5, 5.41) is 4.79. The minimum absolute atomic E-state index is 0.249. The molecule has 0 saturated carbocycles. The summed E-state index contributed by atoms with van der Waals surface area (Å²) in [6.07, 6.45) is 3.78. The molecule has 1 aliphatic rings. The third-order valence-electron chi connectivity index (χ3n) is 5.20. The van der Waals surface area contributed by atoms with Crippen molar-refractivity contribution in [3.05, 3.63) is 65.5 Å². The normalized spacial score (nSPS) is 16.4. The molecule has 0 aliphatic carbocycles. The molecule has 0 amide bonds. The van der Waals surface area contributed by atoms with Crippen molar-refractivity contribution >= 4 is 16.7 Å². The maximum absolute atomic E-state index is 5.53. The molecule has 27 heavy (non-hydrogen) atoms. The third-order valence-corrected chi connectivity index (χ3v) is 5.20. The van der Waals surface area contributed by atoms with E-state index in [1.807, 2.05) is 18.5 Å². The summed E-state index contributed by atoms with van der Waals surface area (Å²) in [5.74, 6) is 0.922. The van der Waals surface area contributed by atoms with E-state index < -0.39 is 0 Å². The predicted molar refractivity (Wildman–Crippen MR) is 109 cm³/mol. The molecule has 140 valence electrons. The molecular weight excluding hydrogens is 336 g/mol. The lowest BCUT2D eigenvalue weighted by Gasteiger charge is -2.34. The fourth-order valence-electron chi connectivity index (χ4n) is 3.72. The first-order valence-corrected chi connectivity index (χ1v) is 9.54. The number of benzene rings is 1. The van der Waals surface area contributed by atoms with Crippen LogP contribution in [0.5, 0.6) is 0 Å². The number of pyridine rings is 2. The first kappa shape index (κ1) is 17.9. The highest BCUT2D eigenvalue weighted by Crippen LogP contribution is 2.24. The highest BCUT2D eigenvalue weighted by molar-refractivity contribution is 5.84. The number of nitrogens with one attached hydrogen (secondary N) is 1. The molecule has 1 aliphatic heterocycles. The van der Waals surface area contributed by atoms with Crippen molar-refractivity contribution in [2.45, 2.75) is 19.9 Å². The van der Waals surface area contributed by atoms with E-state index in [0.29, 0.717) is 0 Å². The molecule has 1 saturated heterocycles. The lowest BCUT2D eigenvalue weighted by Crippen LogP contribution is -2.41. The molecule has 1 unspecified atom stereocenters. The Bertz CT molecular complexity index is 907. The van der Waals surface area contributed by atoms with Gasteiger partial charge in [-0.1, -0.05) is 17.7 Å². The Labute approximate surface area is 160 Å². The molecule has 0 bridgehead atoms. The van der Waals surface area contributed by atoms with Gasteiger partial charge < -0.3 is 10.1 Å². The number of ether oxygens (including phenoxy) is 1. The topological polar surface area (TPSA) is 50.3 Å². The summed E-state index contributed by atoms with van der Waals surface area (Å²) >= 11 is 0. The van der Waals surface area contributed by atoms with Crippen LogP contribution in [0.3, 0.4) is 0 Å². The molecule has 3 heterocycles. The lowest BCUT2D eigenvalue weighted by molar-refractivity contribution is 0.0186. The van der Waals surface area contributed by atoms with Crippen LogP contribution in [0.2, 0.25) is 0 Å². The first-order valence-electron chi connectivity index (χ1n) is 9.54. The van der Waals surface area contributed by atoms with Gasteiger partial charge in [-0.3, -0.25) is 9.88 Å². The Morgan fingerprint density at radius 3 is 2.78 bits per heavy atom. The van der Waals surface area contributed by atoms with Crippen LogP contribution < -0.4 is 5.32 Å². The van der Waals surface area contributed by atoms with Crippen LogP contribution in [0.4, 0.5) is 5.82 Å². The van der Waals surface area contributed by atoms with E-state index in [1.165, 1.54) is 22.1 Å². The van der Waals surface area contributed by atoms with Crippen molar-refractivity contribution in [2.75, 3.05) is 38.2 Å². The van der Waals surface area contributed by atoms with Crippen molar-refractivity contribution in [3.63, 3.8) is 0 Å². The molecule has 2 aromatic heterocycles.